The number of benzene rings is 1. The first-order valence-corrected chi connectivity index (χ1v) is 9.42. The Kier molecular flexibility index (Phi) is 6.06. The van der Waals surface area contributed by atoms with Gasteiger partial charge in [-0.1, -0.05) is 6.07 Å². The molecule has 0 N–H and O–H groups in total. The van der Waals surface area contributed by atoms with Crippen molar-refractivity contribution in [1.29, 1.82) is 0 Å². The predicted octanol–water partition coefficient (Wildman–Crippen LogP) is 0.740. The van der Waals surface area contributed by atoms with Gasteiger partial charge in [0.15, 0.2) is 11.5 Å². The summed E-state index contributed by atoms with van der Waals surface area (Å²) in [5, 5.41) is 0. The van der Waals surface area contributed by atoms with Gasteiger partial charge in [0.1, 0.15) is 0 Å². The number of piperazine rings is 1. The number of sulfonamides is 1. The van der Waals surface area contributed by atoms with Crippen LogP contribution < -0.4 is 9.47 Å². The Hall–Kier alpha value is -1.80. The van der Waals surface area contributed by atoms with E-state index >= 15 is 0 Å². The van der Waals surface area contributed by atoms with Gasteiger partial charge in [-0.2, -0.15) is 4.31 Å². The highest BCUT2D eigenvalue weighted by Gasteiger charge is 2.27. The molecular weight excluding hydrogens is 332 g/mol. The van der Waals surface area contributed by atoms with Gasteiger partial charge >= 0.3 is 0 Å². The molecule has 1 aliphatic rings. The molecule has 1 saturated heterocycles. The summed E-state index contributed by atoms with van der Waals surface area (Å²) in [5.41, 5.74) is 0.874. The van der Waals surface area contributed by atoms with E-state index in [9.17, 15) is 13.2 Å². The molecule has 0 unspecified atom stereocenters. The fraction of sp³-hybridized carbons (Fsp3) is 0.562. The lowest BCUT2D eigenvalue weighted by Crippen LogP contribution is -2.50. The zero-order chi connectivity index (χ0) is 17.7. The average molecular weight is 356 g/mol. The second kappa shape index (κ2) is 7.85. The van der Waals surface area contributed by atoms with Crippen molar-refractivity contribution < 1.29 is 22.7 Å². The van der Waals surface area contributed by atoms with Crippen molar-refractivity contribution in [2.75, 3.05) is 46.2 Å². The fourth-order valence-electron chi connectivity index (χ4n) is 2.69. The van der Waals surface area contributed by atoms with Gasteiger partial charge in [0.2, 0.25) is 15.9 Å². The molecule has 8 heteroatoms. The Balaban J connectivity index is 1.97. The van der Waals surface area contributed by atoms with Gasteiger partial charge < -0.3 is 14.4 Å². The zero-order valence-corrected chi connectivity index (χ0v) is 15.1. The molecule has 0 atom stereocenters. The van der Waals surface area contributed by atoms with Crippen LogP contribution in [0.5, 0.6) is 11.5 Å². The van der Waals surface area contributed by atoms with Gasteiger partial charge in [-0.15, -0.1) is 0 Å². The molecule has 1 aliphatic heterocycles. The third-order valence-electron chi connectivity index (χ3n) is 4.17. The third-order valence-corrected chi connectivity index (χ3v) is 6.05. The second-order valence-electron chi connectivity index (χ2n) is 5.66. The molecule has 1 aromatic carbocycles. The topological polar surface area (TPSA) is 76.2 Å². The molecule has 2 rings (SSSR count). The van der Waals surface area contributed by atoms with Crippen molar-refractivity contribution in [2.45, 2.75) is 13.3 Å². The Morgan fingerprint density at radius 2 is 1.71 bits per heavy atom. The van der Waals surface area contributed by atoms with Crippen molar-refractivity contribution in [3.05, 3.63) is 23.8 Å². The molecule has 0 bridgehead atoms. The van der Waals surface area contributed by atoms with Crippen LogP contribution in [0.1, 0.15) is 12.5 Å². The van der Waals surface area contributed by atoms with E-state index in [1.165, 1.54) is 11.2 Å². The lowest BCUT2D eigenvalue weighted by Gasteiger charge is -2.33. The van der Waals surface area contributed by atoms with E-state index in [1.54, 1.807) is 31.3 Å². The van der Waals surface area contributed by atoms with E-state index < -0.39 is 10.0 Å². The number of carbonyl (C=O) groups excluding carboxylic acids is 1. The molecule has 134 valence electrons. The Morgan fingerprint density at radius 1 is 1.08 bits per heavy atom. The number of ether oxygens (including phenoxy) is 2. The summed E-state index contributed by atoms with van der Waals surface area (Å²) in [6.07, 6.45) is 0.398. The first kappa shape index (κ1) is 18.5. The van der Waals surface area contributed by atoms with Crippen molar-refractivity contribution in [1.82, 2.24) is 9.21 Å². The largest absolute Gasteiger partial charge is 0.493 e. The quantitative estimate of drug-likeness (QED) is 0.751. The number of nitrogens with zero attached hydrogens (tertiary/aromatic N) is 2. The lowest BCUT2D eigenvalue weighted by atomic mass is 10.1. The van der Waals surface area contributed by atoms with Gasteiger partial charge in [0.05, 0.1) is 20.0 Å². The molecule has 1 fully saturated rings. The molecule has 1 amide bonds. The van der Waals surface area contributed by atoms with E-state index in [-0.39, 0.29) is 11.7 Å². The molecule has 24 heavy (non-hydrogen) atoms. The molecule has 0 radical (unpaired) electrons. The highest BCUT2D eigenvalue weighted by atomic mass is 32.2. The molecule has 7 nitrogen and oxygen atoms in total. The maximum absolute atomic E-state index is 12.5. The normalized spacial score (nSPS) is 16.0. The number of hydrogen-bond acceptors (Lipinski definition) is 5. The van der Waals surface area contributed by atoms with Gasteiger partial charge in [0.25, 0.3) is 0 Å². The number of amides is 1. The van der Waals surface area contributed by atoms with Crippen LogP contribution in [0.15, 0.2) is 18.2 Å². The lowest BCUT2D eigenvalue weighted by molar-refractivity contribution is -0.129. The first-order valence-electron chi connectivity index (χ1n) is 7.81. The summed E-state index contributed by atoms with van der Waals surface area (Å²) in [7, 11) is -0.236. The Morgan fingerprint density at radius 3 is 2.25 bits per heavy atom. The first-order chi connectivity index (χ1) is 11.4. The standard InChI is InChI=1S/C16H24N2O5S/c1-13(19)17-7-9-18(10-8-17)24(20,21)11-6-14-4-5-15(22-2)16(12-14)23-3/h4-5,12H,6-11H2,1-3H3. The highest BCUT2D eigenvalue weighted by Crippen LogP contribution is 2.27. The number of rotatable bonds is 6. The summed E-state index contributed by atoms with van der Waals surface area (Å²) in [5.74, 6) is 1.21. The maximum atomic E-state index is 12.5. The fourth-order valence-corrected chi connectivity index (χ4v) is 4.16. The molecule has 0 aromatic heterocycles. The number of methoxy groups -OCH3 is 2. The van der Waals surface area contributed by atoms with Crippen LogP contribution >= 0.6 is 0 Å². The third kappa shape index (κ3) is 4.39. The predicted molar refractivity (Wildman–Crippen MR) is 90.9 cm³/mol. The average Bonchev–Trinajstić information content (AvgIpc) is 2.59. The SMILES string of the molecule is COc1ccc(CCS(=O)(=O)N2CCN(C(C)=O)CC2)cc1OC. The van der Waals surface area contributed by atoms with Gasteiger partial charge in [-0.05, 0) is 24.1 Å². The maximum Gasteiger partial charge on any atom is 0.219 e. The van der Waals surface area contributed by atoms with Crippen LogP contribution in [0.3, 0.4) is 0 Å². The van der Waals surface area contributed by atoms with Gasteiger partial charge in [-0.25, -0.2) is 8.42 Å². The van der Waals surface area contributed by atoms with E-state index in [4.69, 9.17) is 9.47 Å². The van der Waals surface area contributed by atoms with Crippen LogP contribution in [0, 0.1) is 0 Å². The van der Waals surface area contributed by atoms with Crippen molar-refractivity contribution >= 4 is 15.9 Å². The number of carbonyl (C=O) groups is 1. The van der Waals surface area contributed by atoms with Crippen LogP contribution in [0.4, 0.5) is 0 Å². The van der Waals surface area contributed by atoms with E-state index in [0.29, 0.717) is 44.1 Å². The van der Waals surface area contributed by atoms with Crippen LogP contribution in [0.2, 0.25) is 0 Å². The minimum absolute atomic E-state index is 0.0163. The molecule has 0 spiro atoms. The van der Waals surface area contributed by atoms with E-state index in [2.05, 4.69) is 0 Å². The highest BCUT2D eigenvalue weighted by molar-refractivity contribution is 7.89. The summed E-state index contributed by atoms with van der Waals surface area (Å²) >= 11 is 0. The summed E-state index contributed by atoms with van der Waals surface area (Å²) in [6, 6.07) is 5.40. The second-order valence-corrected chi connectivity index (χ2v) is 7.75. The van der Waals surface area contributed by atoms with Crippen LogP contribution in [-0.4, -0.2) is 69.7 Å². The summed E-state index contributed by atoms with van der Waals surface area (Å²) in [6.45, 7) is 3.11. The molecule has 1 aromatic rings. The number of aryl methyl sites for hydroxylation is 1. The van der Waals surface area contributed by atoms with Crippen molar-refractivity contribution in [3.8, 4) is 11.5 Å². The Labute approximate surface area is 143 Å². The summed E-state index contributed by atoms with van der Waals surface area (Å²) < 4.78 is 36.8. The van der Waals surface area contributed by atoms with Crippen LogP contribution in [0.25, 0.3) is 0 Å². The Bertz CT molecular complexity index is 682. The smallest absolute Gasteiger partial charge is 0.219 e. The van der Waals surface area contributed by atoms with Gasteiger partial charge in [0, 0.05) is 33.1 Å². The molecular formula is C16H24N2O5S. The minimum atomic E-state index is -3.34. The zero-order valence-electron chi connectivity index (χ0n) is 14.3. The van der Waals surface area contributed by atoms with Crippen molar-refractivity contribution in [3.63, 3.8) is 0 Å². The number of hydrogen-bond donors (Lipinski definition) is 0. The summed E-state index contributed by atoms with van der Waals surface area (Å²) in [4.78, 5) is 13.0. The molecule has 1 heterocycles. The van der Waals surface area contributed by atoms with E-state index in [1.807, 2.05) is 6.07 Å². The minimum Gasteiger partial charge on any atom is -0.493 e. The van der Waals surface area contributed by atoms with Gasteiger partial charge in [-0.3, -0.25) is 4.79 Å². The van der Waals surface area contributed by atoms with Crippen molar-refractivity contribution in [2.24, 2.45) is 0 Å². The van der Waals surface area contributed by atoms with E-state index in [0.717, 1.165) is 5.56 Å². The van der Waals surface area contributed by atoms with Crippen LogP contribution in [-0.2, 0) is 21.2 Å². The molecule has 0 saturated carbocycles. The molecule has 0 aliphatic carbocycles. The monoisotopic (exact) mass is 356 g/mol.